The van der Waals surface area contributed by atoms with E-state index in [2.05, 4.69) is 20.4 Å². The summed E-state index contributed by atoms with van der Waals surface area (Å²) in [4.78, 5) is 16.7. The molecule has 3 heterocycles. The Labute approximate surface area is 186 Å². The average Bonchev–Trinajstić information content (AvgIpc) is 3.41. The zero-order valence-electron chi connectivity index (χ0n) is 16.5. The van der Waals surface area contributed by atoms with Crippen molar-refractivity contribution in [1.29, 1.82) is 0 Å². The largest absolute Gasteiger partial charge is 0.477 e. The number of nitrogens with one attached hydrogen (secondary N) is 1. The lowest BCUT2D eigenvalue weighted by Crippen LogP contribution is -2.32. The summed E-state index contributed by atoms with van der Waals surface area (Å²) in [5.74, 6) is -7.43. The molecule has 0 aromatic carbocycles. The zero-order chi connectivity index (χ0) is 24.6. The molecule has 178 valence electrons. The molecule has 0 atom stereocenters. The first-order valence-electron chi connectivity index (χ1n) is 8.91. The highest BCUT2D eigenvalue weighted by atomic mass is 32.2. The highest BCUT2D eigenvalue weighted by molar-refractivity contribution is 7.91. The number of sulfone groups is 1. The molecule has 0 spiro atoms. The van der Waals surface area contributed by atoms with E-state index in [0.717, 1.165) is 0 Å². The van der Waals surface area contributed by atoms with Crippen molar-refractivity contribution in [1.82, 2.24) is 19.7 Å². The van der Waals surface area contributed by atoms with Crippen LogP contribution < -0.4 is 5.32 Å². The molecule has 0 amide bonds. The van der Waals surface area contributed by atoms with Gasteiger partial charge in [0.05, 0.1) is 10.6 Å². The molecule has 0 saturated heterocycles. The summed E-state index contributed by atoms with van der Waals surface area (Å²) in [7, 11) is -3.84. The van der Waals surface area contributed by atoms with Gasteiger partial charge in [0.2, 0.25) is 0 Å². The fourth-order valence-electron chi connectivity index (χ4n) is 2.64. The van der Waals surface area contributed by atoms with Crippen LogP contribution in [-0.2, 0) is 22.3 Å². The molecule has 3 aromatic rings. The number of aromatic nitrogens is 4. The van der Waals surface area contributed by atoms with E-state index in [4.69, 9.17) is 0 Å². The number of alkyl halides is 5. The number of nitrogens with zero attached hydrogens (tertiary/aromatic N) is 4. The lowest BCUT2D eigenvalue weighted by atomic mass is 10.2. The first kappa shape index (κ1) is 24.5. The summed E-state index contributed by atoms with van der Waals surface area (Å²) < 4.78 is 91.6. The molecule has 9 nitrogen and oxygen atoms in total. The van der Waals surface area contributed by atoms with Gasteiger partial charge in [0, 0.05) is 6.54 Å². The van der Waals surface area contributed by atoms with Gasteiger partial charge in [-0.25, -0.2) is 27.9 Å². The van der Waals surface area contributed by atoms with Crippen LogP contribution >= 0.6 is 11.3 Å². The van der Waals surface area contributed by atoms with Crippen molar-refractivity contribution < 1.29 is 40.3 Å². The molecule has 0 bridgehead atoms. The van der Waals surface area contributed by atoms with Crippen LogP contribution in [0.5, 0.6) is 0 Å². The van der Waals surface area contributed by atoms with E-state index in [1.165, 1.54) is 36.4 Å². The van der Waals surface area contributed by atoms with Gasteiger partial charge in [0.1, 0.15) is 28.2 Å². The molecule has 3 rings (SSSR count). The molecule has 33 heavy (non-hydrogen) atoms. The lowest BCUT2D eigenvalue weighted by molar-refractivity contribution is -0.287. The SMILES string of the molecule is CCS(=O)(=O)c1ccc(-n2cncn2)nc1NCc1cc(C(F)(F)C(F)(F)F)sc1C(=O)O. The molecule has 3 aromatic heterocycles. The van der Waals surface area contributed by atoms with Gasteiger partial charge in [-0.2, -0.15) is 27.1 Å². The Bertz CT molecular complexity index is 1270. The van der Waals surface area contributed by atoms with Crippen LogP contribution in [0.1, 0.15) is 27.0 Å². The Hall–Kier alpha value is -3.14. The predicted molar refractivity (Wildman–Crippen MR) is 105 cm³/mol. The lowest BCUT2D eigenvalue weighted by Gasteiger charge is -2.17. The second-order valence-electron chi connectivity index (χ2n) is 6.46. The summed E-state index contributed by atoms with van der Waals surface area (Å²) in [5.41, 5.74) is -0.403. The number of rotatable bonds is 8. The Morgan fingerprint density at radius 3 is 2.48 bits per heavy atom. The number of carbonyl (C=O) groups is 1. The summed E-state index contributed by atoms with van der Waals surface area (Å²) in [6.45, 7) is 0.781. The number of pyridine rings is 1. The number of carboxylic acid groups (broad SMARTS) is 1. The highest BCUT2D eigenvalue weighted by Crippen LogP contribution is 2.47. The van der Waals surface area contributed by atoms with E-state index in [1.54, 1.807) is 0 Å². The fourth-order valence-corrected chi connectivity index (χ4v) is 4.65. The van der Waals surface area contributed by atoms with Crippen molar-refractivity contribution >= 4 is 33.0 Å². The van der Waals surface area contributed by atoms with Gasteiger partial charge in [-0.05, 0) is 23.8 Å². The third-order valence-corrected chi connectivity index (χ3v) is 7.32. The minimum atomic E-state index is -5.92. The van der Waals surface area contributed by atoms with Gasteiger partial charge in [0.25, 0.3) is 0 Å². The first-order valence-corrected chi connectivity index (χ1v) is 11.4. The van der Waals surface area contributed by atoms with Crippen LogP contribution in [0.4, 0.5) is 27.8 Å². The van der Waals surface area contributed by atoms with E-state index in [-0.39, 0.29) is 33.6 Å². The maximum absolute atomic E-state index is 13.7. The number of anilines is 1. The summed E-state index contributed by atoms with van der Waals surface area (Å²) in [6, 6.07) is 2.96. The van der Waals surface area contributed by atoms with Crippen LogP contribution in [0.15, 0.2) is 35.7 Å². The molecular weight excluding hydrogens is 497 g/mol. The molecule has 0 aliphatic rings. The number of halogens is 5. The van der Waals surface area contributed by atoms with Crippen LogP contribution in [-0.4, -0.2) is 51.2 Å². The Balaban J connectivity index is 2.02. The standard InChI is InChI=1S/C17H14F5N5O4S2/c1-2-33(30,31)10-3-4-12(27-8-23-7-25-27)26-14(10)24-6-9-5-11(32-13(9)15(28)29)16(18,19)17(20,21)22/h3-5,7-8H,2,6H2,1H3,(H,24,26)(H,28,29). The van der Waals surface area contributed by atoms with Crippen molar-refractivity contribution in [2.45, 2.75) is 30.5 Å². The van der Waals surface area contributed by atoms with Crippen LogP contribution in [0.2, 0.25) is 0 Å². The molecule has 0 aliphatic heterocycles. The number of hydrogen-bond acceptors (Lipinski definition) is 8. The summed E-state index contributed by atoms with van der Waals surface area (Å²) in [5, 5.41) is 15.6. The topological polar surface area (TPSA) is 127 Å². The van der Waals surface area contributed by atoms with Gasteiger partial charge < -0.3 is 10.4 Å². The van der Waals surface area contributed by atoms with Crippen molar-refractivity contribution in [3.63, 3.8) is 0 Å². The number of hydrogen-bond donors (Lipinski definition) is 2. The van der Waals surface area contributed by atoms with Crippen LogP contribution in [0, 0.1) is 0 Å². The molecule has 0 radical (unpaired) electrons. The van der Waals surface area contributed by atoms with Crippen molar-refractivity contribution in [2.24, 2.45) is 0 Å². The van der Waals surface area contributed by atoms with Crippen molar-refractivity contribution in [3.8, 4) is 5.82 Å². The highest BCUT2D eigenvalue weighted by Gasteiger charge is 2.60. The van der Waals surface area contributed by atoms with Crippen molar-refractivity contribution in [3.05, 3.63) is 46.2 Å². The quantitative estimate of drug-likeness (QED) is 0.440. The van der Waals surface area contributed by atoms with Gasteiger partial charge in [-0.1, -0.05) is 6.92 Å². The maximum Gasteiger partial charge on any atom is 0.458 e. The second kappa shape index (κ2) is 8.66. The van der Waals surface area contributed by atoms with Gasteiger partial charge >= 0.3 is 18.1 Å². The minimum Gasteiger partial charge on any atom is -0.477 e. The van der Waals surface area contributed by atoms with Crippen LogP contribution in [0.3, 0.4) is 0 Å². The molecular formula is C17H14F5N5O4S2. The fraction of sp³-hybridized carbons (Fsp3) is 0.294. The molecule has 0 aliphatic carbocycles. The first-order chi connectivity index (χ1) is 15.3. The monoisotopic (exact) mass is 511 g/mol. The smallest absolute Gasteiger partial charge is 0.458 e. The number of carboxylic acids is 1. The minimum absolute atomic E-state index is 0.123. The van der Waals surface area contributed by atoms with E-state index >= 15 is 0 Å². The zero-order valence-corrected chi connectivity index (χ0v) is 18.1. The van der Waals surface area contributed by atoms with E-state index in [0.29, 0.717) is 6.07 Å². The van der Waals surface area contributed by atoms with E-state index in [9.17, 15) is 40.3 Å². The third kappa shape index (κ3) is 4.80. The van der Waals surface area contributed by atoms with Gasteiger partial charge in [-0.15, -0.1) is 11.3 Å². The Morgan fingerprint density at radius 2 is 1.94 bits per heavy atom. The molecule has 0 saturated carbocycles. The maximum atomic E-state index is 13.7. The van der Waals surface area contributed by atoms with Gasteiger partial charge in [-0.3, -0.25) is 0 Å². The molecule has 0 fully saturated rings. The second-order valence-corrected chi connectivity index (χ2v) is 9.75. The van der Waals surface area contributed by atoms with Crippen molar-refractivity contribution in [2.75, 3.05) is 11.1 Å². The molecule has 0 unspecified atom stereocenters. The molecule has 16 heteroatoms. The number of aromatic carboxylic acids is 1. The summed E-state index contributed by atoms with van der Waals surface area (Å²) in [6.07, 6.45) is -3.46. The van der Waals surface area contributed by atoms with E-state index < -0.39 is 49.8 Å². The van der Waals surface area contributed by atoms with Crippen LogP contribution in [0.25, 0.3) is 5.82 Å². The Morgan fingerprint density at radius 1 is 1.24 bits per heavy atom. The number of thiophene rings is 1. The Kier molecular flexibility index (Phi) is 6.43. The normalized spacial score (nSPS) is 12.7. The molecule has 2 N–H and O–H groups in total. The van der Waals surface area contributed by atoms with Gasteiger partial charge in [0.15, 0.2) is 15.7 Å². The third-order valence-electron chi connectivity index (χ3n) is 4.33. The summed E-state index contributed by atoms with van der Waals surface area (Å²) >= 11 is -0.219. The predicted octanol–water partition coefficient (Wildman–Crippen LogP) is 3.48. The van der Waals surface area contributed by atoms with E-state index in [1.807, 2.05) is 0 Å². The average molecular weight is 511 g/mol.